The largest absolute Gasteiger partial charge is 0.489 e. The smallest absolute Gasteiger partial charge is 0.177 e. The third kappa shape index (κ3) is 1.98. The molecule has 1 rings (SSSR count). The summed E-state index contributed by atoms with van der Waals surface area (Å²) in [6.07, 6.45) is 0.425. The van der Waals surface area contributed by atoms with E-state index in [1.807, 2.05) is 0 Å². The minimum Gasteiger partial charge on any atom is -0.489 e. The van der Waals surface area contributed by atoms with Gasteiger partial charge in [0, 0.05) is 0 Å². The van der Waals surface area contributed by atoms with Crippen molar-refractivity contribution >= 4 is 17.9 Å². The molecule has 0 N–H and O–H groups in total. The van der Waals surface area contributed by atoms with Gasteiger partial charge in [-0.15, -0.1) is 0 Å². The van der Waals surface area contributed by atoms with E-state index in [2.05, 4.69) is 0 Å². The van der Waals surface area contributed by atoms with Crippen molar-refractivity contribution in [1.82, 2.24) is 0 Å². The molecule has 0 aromatic heterocycles. The SMILES string of the molecule is CCOc1c(Cl)ccc(C=O)c1F. The second-order valence-corrected chi connectivity index (χ2v) is 2.74. The molecule has 13 heavy (non-hydrogen) atoms. The molecule has 0 aliphatic heterocycles. The van der Waals surface area contributed by atoms with Crippen LogP contribution in [0.15, 0.2) is 12.1 Å². The quantitative estimate of drug-likeness (QED) is 0.705. The summed E-state index contributed by atoms with van der Waals surface area (Å²) >= 11 is 5.66. The van der Waals surface area contributed by atoms with Crippen LogP contribution in [0.4, 0.5) is 4.39 Å². The molecule has 0 saturated heterocycles. The van der Waals surface area contributed by atoms with Crippen molar-refractivity contribution in [3.8, 4) is 5.75 Å². The first-order valence-electron chi connectivity index (χ1n) is 3.76. The molecule has 2 nitrogen and oxygen atoms in total. The van der Waals surface area contributed by atoms with Gasteiger partial charge in [-0.2, -0.15) is 0 Å². The number of aldehydes is 1. The highest BCUT2D eigenvalue weighted by molar-refractivity contribution is 6.32. The number of carbonyl (C=O) groups excluding carboxylic acids is 1. The van der Waals surface area contributed by atoms with Crippen LogP contribution in [0, 0.1) is 5.82 Å². The molecular weight excluding hydrogens is 195 g/mol. The molecule has 0 bridgehead atoms. The van der Waals surface area contributed by atoms with Crippen LogP contribution in [0.1, 0.15) is 17.3 Å². The standard InChI is InChI=1S/C9H8ClFO2/c1-2-13-9-7(10)4-3-6(5-12)8(9)11/h3-5H,2H2,1H3. The summed E-state index contributed by atoms with van der Waals surface area (Å²) < 4.78 is 18.2. The Hall–Kier alpha value is -1.09. The van der Waals surface area contributed by atoms with Gasteiger partial charge in [0.25, 0.3) is 0 Å². The molecule has 0 amide bonds. The Balaban J connectivity index is 3.21. The van der Waals surface area contributed by atoms with Crippen LogP contribution < -0.4 is 4.74 Å². The van der Waals surface area contributed by atoms with E-state index in [-0.39, 0.29) is 16.3 Å². The lowest BCUT2D eigenvalue weighted by atomic mass is 10.2. The molecular formula is C9H8ClFO2. The van der Waals surface area contributed by atoms with Crippen LogP contribution in [0.5, 0.6) is 5.75 Å². The lowest BCUT2D eigenvalue weighted by Crippen LogP contribution is -1.98. The van der Waals surface area contributed by atoms with E-state index in [0.717, 1.165) is 0 Å². The predicted octanol–water partition coefficient (Wildman–Crippen LogP) is 2.69. The molecule has 1 aromatic carbocycles. The lowest BCUT2D eigenvalue weighted by Gasteiger charge is -2.07. The summed E-state index contributed by atoms with van der Waals surface area (Å²) in [6, 6.07) is 2.74. The highest BCUT2D eigenvalue weighted by atomic mass is 35.5. The van der Waals surface area contributed by atoms with Gasteiger partial charge in [-0.3, -0.25) is 4.79 Å². The zero-order valence-electron chi connectivity index (χ0n) is 7.01. The predicted molar refractivity (Wildman–Crippen MR) is 48.0 cm³/mol. The minimum atomic E-state index is -0.704. The molecule has 4 heteroatoms. The van der Waals surface area contributed by atoms with E-state index < -0.39 is 5.82 Å². The first-order valence-corrected chi connectivity index (χ1v) is 4.14. The highest BCUT2D eigenvalue weighted by Crippen LogP contribution is 2.29. The third-order valence-electron chi connectivity index (χ3n) is 1.49. The fourth-order valence-corrected chi connectivity index (χ4v) is 1.12. The molecule has 0 aliphatic carbocycles. The Morgan fingerprint density at radius 1 is 1.62 bits per heavy atom. The molecule has 70 valence electrons. The van der Waals surface area contributed by atoms with Crippen LogP contribution >= 0.6 is 11.6 Å². The molecule has 0 saturated carbocycles. The van der Waals surface area contributed by atoms with Crippen molar-refractivity contribution in [3.63, 3.8) is 0 Å². The number of hydrogen-bond donors (Lipinski definition) is 0. The van der Waals surface area contributed by atoms with E-state index >= 15 is 0 Å². The Morgan fingerprint density at radius 3 is 2.85 bits per heavy atom. The Labute approximate surface area is 80.3 Å². The molecule has 0 atom stereocenters. The first kappa shape index (κ1) is 9.99. The van der Waals surface area contributed by atoms with E-state index in [0.29, 0.717) is 12.9 Å². The van der Waals surface area contributed by atoms with Crippen molar-refractivity contribution in [1.29, 1.82) is 0 Å². The van der Waals surface area contributed by atoms with Gasteiger partial charge < -0.3 is 4.74 Å². The Kier molecular flexibility index (Phi) is 3.25. The average Bonchev–Trinajstić information content (AvgIpc) is 2.12. The molecule has 0 heterocycles. The summed E-state index contributed by atoms with van der Waals surface area (Å²) in [7, 11) is 0. The number of rotatable bonds is 3. The Morgan fingerprint density at radius 2 is 2.31 bits per heavy atom. The van der Waals surface area contributed by atoms with Gasteiger partial charge in [-0.05, 0) is 19.1 Å². The number of hydrogen-bond acceptors (Lipinski definition) is 2. The van der Waals surface area contributed by atoms with Crippen molar-refractivity contribution in [2.24, 2.45) is 0 Å². The highest BCUT2D eigenvalue weighted by Gasteiger charge is 2.12. The van der Waals surface area contributed by atoms with Crippen LogP contribution in [-0.4, -0.2) is 12.9 Å². The minimum absolute atomic E-state index is 0.0483. The summed E-state index contributed by atoms with van der Waals surface area (Å²) in [5.41, 5.74) is -0.0483. The van der Waals surface area contributed by atoms with E-state index in [1.165, 1.54) is 12.1 Å². The van der Waals surface area contributed by atoms with Gasteiger partial charge in [-0.25, -0.2) is 4.39 Å². The van der Waals surface area contributed by atoms with Gasteiger partial charge in [-0.1, -0.05) is 11.6 Å². The zero-order chi connectivity index (χ0) is 9.84. The summed E-state index contributed by atoms with van der Waals surface area (Å²) in [6.45, 7) is 2.02. The maximum atomic E-state index is 13.3. The van der Waals surface area contributed by atoms with Crippen molar-refractivity contribution in [2.75, 3.05) is 6.61 Å². The van der Waals surface area contributed by atoms with Crippen LogP contribution in [-0.2, 0) is 0 Å². The van der Waals surface area contributed by atoms with Gasteiger partial charge >= 0.3 is 0 Å². The molecule has 0 spiro atoms. The molecule has 0 unspecified atom stereocenters. The lowest BCUT2D eigenvalue weighted by molar-refractivity contribution is 0.111. The molecule has 1 aromatic rings. The average molecular weight is 203 g/mol. The number of benzene rings is 1. The van der Waals surface area contributed by atoms with Crippen LogP contribution in [0.25, 0.3) is 0 Å². The monoisotopic (exact) mass is 202 g/mol. The maximum Gasteiger partial charge on any atom is 0.177 e. The fraction of sp³-hybridized carbons (Fsp3) is 0.222. The fourth-order valence-electron chi connectivity index (χ4n) is 0.915. The summed E-state index contributed by atoms with van der Waals surface area (Å²) in [5.74, 6) is -0.766. The summed E-state index contributed by atoms with van der Waals surface area (Å²) in [4.78, 5) is 10.4. The van der Waals surface area contributed by atoms with Crippen LogP contribution in [0.3, 0.4) is 0 Å². The molecule has 0 aliphatic rings. The molecule has 0 fully saturated rings. The molecule has 0 radical (unpaired) electrons. The third-order valence-corrected chi connectivity index (χ3v) is 1.79. The van der Waals surface area contributed by atoms with Crippen molar-refractivity contribution in [3.05, 3.63) is 28.5 Å². The van der Waals surface area contributed by atoms with E-state index in [9.17, 15) is 9.18 Å². The Bertz CT molecular complexity index is 326. The van der Waals surface area contributed by atoms with Gasteiger partial charge in [0.1, 0.15) is 0 Å². The summed E-state index contributed by atoms with van der Waals surface area (Å²) in [5, 5.41) is 0.171. The topological polar surface area (TPSA) is 26.3 Å². The van der Waals surface area contributed by atoms with Crippen molar-refractivity contribution < 1.29 is 13.9 Å². The number of carbonyl (C=O) groups is 1. The van der Waals surface area contributed by atoms with Gasteiger partial charge in [0.05, 0.1) is 17.2 Å². The van der Waals surface area contributed by atoms with Crippen LogP contribution in [0.2, 0.25) is 5.02 Å². The van der Waals surface area contributed by atoms with Gasteiger partial charge in [0.2, 0.25) is 0 Å². The normalized spacial score (nSPS) is 9.77. The van der Waals surface area contributed by atoms with E-state index in [1.54, 1.807) is 6.92 Å². The number of ether oxygens (including phenoxy) is 1. The second kappa shape index (κ2) is 4.23. The second-order valence-electron chi connectivity index (χ2n) is 2.33. The van der Waals surface area contributed by atoms with E-state index in [4.69, 9.17) is 16.3 Å². The first-order chi connectivity index (χ1) is 6.20. The zero-order valence-corrected chi connectivity index (χ0v) is 7.77. The van der Waals surface area contributed by atoms with Crippen molar-refractivity contribution in [2.45, 2.75) is 6.92 Å². The maximum absolute atomic E-state index is 13.3. The van der Waals surface area contributed by atoms with Gasteiger partial charge in [0.15, 0.2) is 17.9 Å². The number of halogens is 2.